The molecule has 0 amide bonds. The minimum absolute atomic E-state index is 0.119. The lowest BCUT2D eigenvalue weighted by atomic mass is 10.1. The number of sulfonamides is 1. The summed E-state index contributed by atoms with van der Waals surface area (Å²) in [4.78, 5) is 0.317. The Morgan fingerprint density at radius 3 is 2.45 bits per heavy atom. The van der Waals surface area contributed by atoms with Crippen LogP contribution in [0.4, 0.5) is 10.1 Å². The van der Waals surface area contributed by atoms with Crippen molar-refractivity contribution in [3.63, 3.8) is 0 Å². The van der Waals surface area contributed by atoms with Crippen LogP contribution in [-0.2, 0) is 16.6 Å². The quantitative estimate of drug-likeness (QED) is 0.723. The smallest absolute Gasteiger partial charge is 0.261 e. The Labute approximate surface area is 127 Å². The molecule has 0 aromatic heterocycles. The fourth-order valence-corrected chi connectivity index (χ4v) is 4.63. The second-order valence-corrected chi connectivity index (χ2v) is 7.10. The Morgan fingerprint density at radius 2 is 1.68 bits per heavy atom. The first-order chi connectivity index (χ1) is 10.6. The molecule has 110 valence electrons. The van der Waals surface area contributed by atoms with E-state index < -0.39 is 10.0 Å². The Balaban J connectivity index is 1.90. The van der Waals surface area contributed by atoms with Crippen molar-refractivity contribution in [1.82, 2.24) is 0 Å². The van der Waals surface area contributed by atoms with Crippen molar-refractivity contribution >= 4 is 26.5 Å². The molecule has 4 rings (SSSR count). The molecule has 3 nitrogen and oxygen atoms in total. The van der Waals surface area contributed by atoms with Crippen molar-refractivity contribution in [2.45, 2.75) is 11.4 Å². The number of anilines is 1. The molecule has 0 bridgehead atoms. The van der Waals surface area contributed by atoms with Crippen LogP contribution < -0.4 is 4.31 Å². The highest BCUT2D eigenvalue weighted by Gasteiger charge is 2.35. The summed E-state index contributed by atoms with van der Waals surface area (Å²) in [6.07, 6.45) is 0. The van der Waals surface area contributed by atoms with E-state index in [9.17, 15) is 12.8 Å². The number of halogens is 1. The molecule has 0 radical (unpaired) electrons. The van der Waals surface area contributed by atoms with Crippen LogP contribution in [0.5, 0.6) is 0 Å². The zero-order valence-electron chi connectivity index (χ0n) is 11.5. The Hall–Kier alpha value is -2.40. The van der Waals surface area contributed by atoms with Crippen LogP contribution in [0.2, 0.25) is 0 Å². The molecule has 0 spiro atoms. The highest BCUT2D eigenvalue weighted by Crippen LogP contribution is 2.42. The van der Waals surface area contributed by atoms with E-state index >= 15 is 0 Å². The molecule has 3 aromatic rings. The molecule has 3 aromatic carbocycles. The van der Waals surface area contributed by atoms with Gasteiger partial charge in [0.2, 0.25) is 0 Å². The topological polar surface area (TPSA) is 37.4 Å². The average molecular weight is 313 g/mol. The van der Waals surface area contributed by atoms with Gasteiger partial charge < -0.3 is 0 Å². The number of rotatable bonds is 2. The molecule has 22 heavy (non-hydrogen) atoms. The maximum atomic E-state index is 13.4. The fourth-order valence-electron chi connectivity index (χ4n) is 2.93. The van der Waals surface area contributed by atoms with Crippen molar-refractivity contribution < 1.29 is 12.8 Å². The summed E-state index contributed by atoms with van der Waals surface area (Å²) < 4.78 is 40.3. The summed E-state index contributed by atoms with van der Waals surface area (Å²) in [7, 11) is -3.60. The third-order valence-corrected chi connectivity index (χ3v) is 5.70. The Kier molecular flexibility index (Phi) is 2.74. The highest BCUT2D eigenvalue weighted by molar-refractivity contribution is 7.93. The molecule has 0 fully saturated rings. The Morgan fingerprint density at radius 1 is 0.955 bits per heavy atom. The fraction of sp³-hybridized carbons (Fsp3) is 0.0588. The predicted octanol–water partition coefficient (Wildman–Crippen LogP) is 3.69. The lowest BCUT2D eigenvalue weighted by Gasteiger charge is -2.18. The average Bonchev–Trinajstić information content (AvgIpc) is 2.71. The van der Waals surface area contributed by atoms with E-state index in [1.54, 1.807) is 30.3 Å². The van der Waals surface area contributed by atoms with Gasteiger partial charge in [-0.05, 0) is 35.2 Å². The van der Waals surface area contributed by atoms with Gasteiger partial charge in [0, 0.05) is 5.39 Å². The van der Waals surface area contributed by atoms with Gasteiger partial charge in [-0.2, -0.15) is 0 Å². The molecule has 1 heterocycles. The van der Waals surface area contributed by atoms with Crippen molar-refractivity contribution in [2.75, 3.05) is 4.31 Å². The minimum atomic E-state index is -3.60. The molecule has 0 unspecified atom stereocenters. The van der Waals surface area contributed by atoms with Gasteiger partial charge in [0.1, 0.15) is 5.82 Å². The molecule has 0 aliphatic carbocycles. The van der Waals surface area contributed by atoms with Crippen LogP contribution in [0.3, 0.4) is 0 Å². The molecule has 0 saturated heterocycles. The van der Waals surface area contributed by atoms with Gasteiger partial charge in [-0.1, -0.05) is 36.4 Å². The van der Waals surface area contributed by atoms with E-state index in [0.29, 0.717) is 16.1 Å². The number of hydrogen-bond donors (Lipinski definition) is 0. The van der Waals surface area contributed by atoms with Gasteiger partial charge >= 0.3 is 0 Å². The van der Waals surface area contributed by atoms with Gasteiger partial charge in [0.25, 0.3) is 10.0 Å². The summed E-state index contributed by atoms with van der Waals surface area (Å²) in [5, 5.41) is 1.63. The van der Waals surface area contributed by atoms with Crippen molar-refractivity contribution in [3.8, 4) is 0 Å². The number of nitrogens with zero attached hydrogens (tertiary/aromatic N) is 1. The summed E-state index contributed by atoms with van der Waals surface area (Å²) >= 11 is 0. The third kappa shape index (κ3) is 1.82. The van der Waals surface area contributed by atoms with Gasteiger partial charge in [0.05, 0.1) is 17.1 Å². The van der Waals surface area contributed by atoms with E-state index in [0.717, 1.165) is 10.8 Å². The standard InChI is InChI=1S/C17H12FNO2S/c18-14-7-1-4-12(10-14)11-19-15-8-2-5-13-6-3-9-16(17(13)15)22(19,20)21/h1-10H,11H2. The molecule has 0 N–H and O–H groups in total. The van der Waals surface area contributed by atoms with Crippen molar-refractivity contribution in [1.29, 1.82) is 0 Å². The van der Waals surface area contributed by atoms with Gasteiger partial charge in [0.15, 0.2) is 0 Å². The number of benzene rings is 3. The third-order valence-electron chi connectivity index (χ3n) is 3.90. The SMILES string of the molecule is O=S1(=O)c2cccc3cccc(c23)N1Cc1cccc(F)c1. The van der Waals surface area contributed by atoms with Crippen molar-refractivity contribution in [2.24, 2.45) is 0 Å². The van der Waals surface area contributed by atoms with Crippen LogP contribution in [-0.4, -0.2) is 8.42 Å². The van der Waals surface area contributed by atoms with Crippen LogP contribution >= 0.6 is 0 Å². The molecule has 5 heteroatoms. The van der Waals surface area contributed by atoms with E-state index in [4.69, 9.17) is 0 Å². The molecular formula is C17H12FNO2S. The molecule has 0 atom stereocenters. The Bertz CT molecular complexity index is 993. The summed E-state index contributed by atoms with van der Waals surface area (Å²) in [6, 6.07) is 16.8. The maximum absolute atomic E-state index is 13.4. The first-order valence-corrected chi connectivity index (χ1v) is 8.30. The maximum Gasteiger partial charge on any atom is 0.265 e. The van der Waals surface area contributed by atoms with Crippen LogP contribution in [0, 0.1) is 5.82 Å². The van der Waals surface area contributed by atoms with E-state index in [-0.39, 0.29) is 12.4 Å². The zero-order chi connectivity index (χ0) is 15.3. The van der Waals surface area contributed by atoms with Crippen LogP contribution in [0.25, 0.3) is 10.8 Å². The summed E-state index contributed by atoms with van der Waals surface area (Å²) in [5.41, 5.74) is 1.27. The summed E-state index contributed by atoms with van der Waals surface area (Å²) in [6.45, 7) is 0.119. The van der Waals surface area contributed by atoms with E-state index in [1.165, 1.54) is 16.4 Å². The number of hydrogen-bond acceptors (Lipinski definition) is 2. The zero-order valence-corrected chi connectivity index (χ0v) is 12.3. The first-order valence-electron chi connectivity index (χ1n) is 6.86. The second-order valence-electron chi connectivity index (χ2n) is 5.27. The largest absolute Gasteiger partial charge is 0.265 e. The summed E-state index contributed by atoms with van der Waals surface area (Å²) in [5.74, 6) is -0.371. The van der Waals surface area contributed by atoms with Crippen molar-refractivity contribution in [3.05, 3.63) is 72.0 Å². The van der Waals surface area contributed by atoms with E-state index in [2.05, 4.69) is 0 Å². The molecule has 1 aliphatic heterocycles. The van der Waals surface area contributed by atoms with E-state index in [1.807, 2.05) is 18.2 Å². The minimum Gasteiger partial charge on any atom is -0.261 e. The van der Waals surface area contributed by atoms with Crippen LogP contribution in [0.1, 0.15) is 5.56 Å². The van der Waals surface area contributed by atoms with Gasteiger partial charge in [-0.3, -0.25) is 4.31 Å². The molecule has 0 saturated carbocycles. The van der Waals surface area contributed by atoms with Gasteiger partial charge in [-0.25, -0.2) is 12.8 Å². The van der Waals surface area contributed by atoms with Crippen LogP contribution in [0.15, 0.2) is 65.6 Å². The lowest BCUT2D eigenvalue weighted by Crippen LogP contribution is -2.26. The second kappa shape index (κ2) is 4.55. The normalized spacial score (nSPS) is 15.4. The van der Waals surface area contributed by atoms with Gasteiger partial charge in [-0.15, -0.1) is 0 Å². The highest BCUT2D eigenvalue weighted by atomic mass is 32.2. The first kappa shape index (κ1) is 13.3. The monoisotopic (exact) mass is 313 g/mol. The predicted molar refractivity (Wildman–Crippen MR) is 83.7 cm³/mol. The lowest BCUT2D eigenvalue weighted by molar-refractivity contribution is 0.592. The molecule has 1 aliphatic rings. The molecular weight excluding hydrogens is 301 g/mol.